The third kappa shape index (κ3) is 3.97. The Kier molecular flexibility index (Phi) is 4.65. The van der Waals surface area contributed by atoms with E-state index in [0.29, 0.717) is 17.3 Å². The summed E-state index contributed by atoms with van der Waals surface area (Å²) in [5.74, 6) is -1.50. The van der Waals surface area contributed by atoms with Crippen LogP contribution in [0.3, 0.4) is 0 Å². The zero-order chi connectivity index (χ0) is 16.3. The summed E-state index contributed by atoms with van der Waals surface area (Å²) in [7, 11) is 0. The molecule has 0 spiro atoms. The molecule has 1 amide bonds. The van der Waals surface area contributed by atoms with E-state index >= 15 is 0 Å². The van der Waals surface area contributed by atoms with E-state index in [0.717, 1.165) is 12.1 Å². The lowest BCUT2D eigenvalue weighted by molar-refractivity contribution is 0.0937. The van der Waals surface area contributed by atoms with E-state index in [1.54, 1.807) is 6.92 Å². The van der Waals surface area contributed by atoms with Crippen LogP contribution >= 0.6 is 0 Å². The molecule has 7 heteroatoms. The van der Waals surface area contributed by atoms with E-state index in [1.165, 1.54) is 12.1 Å². The molecule has 2 rings (SSSR count). The van der Waals surface area contributed by atoms with Gasteiger partial charge in [-0.15, -0.1) is 0 Å². The van der Waals surface area contributed by atoms with Gasteiger partial charge in [0, 0.05) is 23.9 Å². The Morgan fingerprint density at radius 1 is 1.14 bits per heavy atom. The van der Waals surface area contributed by atoms with Crippen LogP contribution < -0.4 is 10.6 Å². The number of benzene rings is 1. The molecule has 0 bridgehead atoms. The van der Waals surface area contributed by atoms with Gasteiger partial charge in [0.15, 0.2) is 11.6 Å². The van der Waals surface area contributed by atoms with Crippen LogP contribution in [0.5, 0.6) is 0 Å². The number of hydrogen-bond acceptors (Lipinski definition) is 4. The Morgan fingerprint density at radius 2 is 1.86 bits per heavy atom. The second-order valence-corrected chi connectivity index (χ2v) is 5.07. The van der Waals surface area contributed by atoms with Crippen LogP contribution in [0.1, 0.15) is 30.2 Å². The summed E-state index contributed by atoms with van der Waals surface area (Å²) >= 11 is 0. The number of rotatable bonds is 4. The van der Waals surface area contributed by atoms with E-state index in [2.05, 4.69) is 20.6 Å². The fourth-order valence-electron chi connectivity index (χ4n) is 1.81. The number of carbonyl (C=O) groups excluding carboxylic acids is 1. The average molecular weight is 306 g/mol. The smallest absolute Gasteiger partial charge is 0.270 e. The van der Waals surface area contributed by atoms with Gasteiger partial charge >= 0.3 is 0 Å². The van der Waals surface area contributed by atoms with Crippen molar-refractivity contribution in [2.24, 2.45) is 0 Å². The van der Waals surface area contributed by atoms with E-state index in [-0.39, 0.29) is 17.6 Å². The van der Waals surface area contributed by atoms with Crippen molar-refractivity contribution < 1.29 is 13.6 Å². The SMILES string of the molecule is Cc1nc(Nc2ccc(F)c(F)c2)cc(C(=O)NC(C)C)n1. The molecule has 2 aromatic rings. The van der Waals surface area contributed by atoms with Crippen molar-refractivity contribution in [1.82, 2.24) is 15.3 Å². The summed E-state index contributed by atoms with van der Waals surface area (Å²) in [4.78, 5) is 20.2. The highest BCUT2D eigenvalue weighted by atomic mass is 19.2. The molecule has 0 fully saturated rings. The van der Waals surface area contributed by atoms with Gasteiger partial charge in [-0.2, -0.15) is 0 Å². The molecule has 5 nitrogen and oxygen atoms in total. The van der Waals surface area contributed by atoms with Crippen LogP contribution in [0.15, 0.2) is 24.3 Å². The number of aromatic nitrogens is 2. The molecule has 1 aromatic carbocycles. The number of hydrogen-bond donors (Lipinski definition) is 2. The van der Waals surface area contributed by atoms with E-state index in [1.807, 2.05) is 13.8 Å². The maximum atomic E-state index is 13.2. The largest absolute Gasteiger partial charge is 0.349 e. The van der Waals surface area contributed by atoms with Crippen molar-refractivity contribution >= 4 is 17.4 Å². The maximum absolute atomic E-state index is 13.2. The Bertz CT molecular complexity index is 704. The van der Waals surface area contributed by atoms with Crippen LogP contribution in [-0.2, 0) is 0 Å². The Morgan fingerprint density at radius 3 is 2.50 bits per heavy atom. The summed E-state index contributed by atoms with van der Waals surface area (Å²) < 4.78 is 26.1. The van der Waals surface area contributed by atoms with Gasteiger partial charge in [-0.05, 0) is 32.9 Å². The number of nitrogens with one attached hydrogen (secondary N) is 2. The molecule has 116 valence electrons. The number of amides is 1. The molecular formula is C15H16F2N4O. The minimum Gasteiger partial charge on any atom is -0.349 e. The molecule has 0 atom stereocenters. The topological polar surface area (TPSA) is 66.9 Å². The zero-order valence-corrected chi connectivity index (χ0v) is 12.4. The lowest BCUT2D eigenvalue weighted by Crippen LogP contribution is -2.31. The fraction of sp³-hybridized carbons (Fsp3) is 0.267. The van der Waals surface area contributed by atoms with E-state index in [4.69, 9.17) is 0 Å². The van der Waals surface area contributed by atoms with Crippen LogP contribution in [0.4, 0.5) is 20.3 Å². The first-order chi connectivity index (χ1) is 10.3. The maximum Gasteiger partial charge on any atom is 0.270 e. The van der Waals surface area contributed by atoms with Gasteiger partial charge in [0.2, 0.25) is 0 Å². The molecular weight excluding hydrogens is 290 g/mol. The molecule has 1 aromatic heterocycles. The highest BCUT2D eigenvalue weighted by Gasteiger charge is 2.12. The number of anilines is 2. The van der Waals surface area contributed by atoms with Gasteiger partial charge in [0.1, 0.15) is 17.3 Å². The summed E-state index contributed by atoms with van der Waals surface area (Å²) in [6.45, 7) is 5.32. The quantitative estimate of drug-likeness (QED) is 0.911. The lowest BCUT2D eigenvalue weighted by atomic mass is 10.3. The lowest BCUT2D eigenvalue weighted by Gasteiger charge is -2.11. The molecule has 22 heavy (non-hydrogen) atoms. The van der Waals surface area contributed by atoms with Crippen molar-refractivity contribution in [3.63, 3.8) is 0 Å². The van der Waals surface area contributed by atoms with Gasteiger partial charge in [-0.3, -0.25) is 4.79 Å². The van der Waals surface area contributed by atoms with Crippen LogP contribution in [-0.4, -0.2) is 21.9 Å². The van der Waals surface area contributed by atoms with Gasteiger partial charge in [-0.1, -0.05) is 0 Å². The van der Waals surface area contributed by atoms with Crippen LogP contribution in [0, 0.1) is 18.6 Å². The number of halogens is 2. The Balaban J connectivity index is 2.26. The molecule has 0 saturated carbocycles. The van der Waals surface area contributed by atoms with Gasteiger partial charge < -0.3 is 10.6 Å². The second kappa shape index (κ2) is 6.46. The summed E-state index contributed by atoms with van der Waals surface area (Å²) in [5.41, 5.74) is 0.526. The first-order valence-electron chi connectivity index (χ1n) is 6.74. The number of nitrogens with zero attached hydrogens (tertiary/aromatic N) is 2. The summed E-state index contributed by atoms with van der Waals surface area (Å²) in [6.07, 6.45) is 0. The first kappa shape index (κ1) is 15.8. The highest BCUT2D eigenvalue weighted by molar-refractivity contribution is 5.93. The third-order valence-corrected chi connectivity index (χ3v) is 2.68. The van der Waals surface area contributed by atoms with E-state index in [9.17, 15) is 13.6 Å². The summed E-state index contributed by atoms with van der Waals surface area (Å²) in [6, 6.07) is 4.83. The second-order valence-electron chi connectivity index (χ2n) is 5.07. The third-order valence-electron chi connectivity index (χ3n) is 2.68. The minimum atomic E-state index is -0.964. The van der Waals surface area contributed by atoms with Crippen molar-refractivity contribution in [2.75, 3.05) is 5.32 Å². The van der Waals surface area contributed by atoms with Gasteiger partial charge in [-0.25, -0.2) is 18.7 Å². The molecule has 0 radical (unpaired) electrons. The normalized spacial score (nSPS) is 10.6. The van der Waals surface area contributed by atoms with Crippen molar-refractivity contribution in [3.8, 4) is 0 Å². The standard InChI is InChI=1S/C15H16F2N4O/c1-8(2)18-15(22)13-7-14(20-9(3)19-13)21-10-4-5-11(16)12(17)6-10/h4-8H,1-3H3,(H,18,22)(H,19,20,21). The minimum absolute atomic E-state index is 0.0228. The number of aryl methyl sites for hydroxylation is 1. The monoisotopic (exact) mass is 306 g/mol. The van der Waals surface area contributed by atoms with Gasteiger partial charge in [0.25, 0.3) is 5.91 Å². The predicted octanol–water partition coefficient (Wildman–Crippen LogP) is 2.95. The van der Waals surface area contributed by atoms with Gasteiger partial charge in [0.05, 0.1) is 0 Å². The Hall–Kier alpha value is -2.57. The number of carbonyl (C=O) groups is 1. The zero-order valence-electron chi connectivity index (χ0n) is 12.4. The van der Waals surface area contributed by atoms with Crippen molar-refractivity contribution in [1.29, 1.82) is 0 Å². The molecule has 0 saturated heterocycles. The predicted molar refractivity (Wildman–Crippen MR) is 79.0 cm³/mol. The fourth-order valence-corrected chi connectivity index (χ4v) is 1.81. The highest BCUT2D eigenvalue weighted by Crippen LogP contribution is 2.18. The molecule has 0 unspecified atom stereocenters. The molecule has 1 heterocycles. The Labute approximate surface area is 126 Å². The molecule has 0 aliphatic heterocycles. The first-order valence-corrected chi connectivity index (χ1v) is 6.74. The van der Waals surface area contributed by atoms with Crippen molar-refractivity contribution in [2.45, 2.75) is 26.8 Å². The average Bonchev–Trinajstić information content (AvgIpc) is 2.41. The summed E-state index contributed by atoms with van der Waals surface area (Å²) in [5, 5.41) is 5.55. The van der Waals surface area contributed by atoms with Crippen LogP contribution in [0.25, 0.3) is 0 Å². The molecule has 2 N–H and O–H groups in total. The van der Waals surface area contributed by atoms with Crippen molar-refractivity contribution in [3.05, 3.63) is 47.4 Å². The molecule has 0 aliphatic rings. The molecule has 0 aliphatic carbocycles. The van der Waals surface area contributed by atoms with Crippen LogP contribution in [0.2, 0.25) is 0 Å². The van der Waals surface area contributed by atoms with E-state index < -0.39 is 11.6 Å².